The van der Waals surface area contributed by atoms with E-state index < -0.39 is 15.4 Å². The third-order valence-corrected chi connectivity index (χ3v) is 6.09. The van der Waals surface area contributed by atoms with Crippen LogP contribution in [0.5, 0.6) is 0 Å². The molecule has 1 aromatic heterocycles. The predicted molar refractivity (Wildman–Crippen MR) is 131 cm³/mol. The number of amides is 1. The van der Waals surface area contributed by atoms with E-state index in [9.17, 15) is 23.2 Å². The van der Waals surface area contributed by atoms with Crippen molar-refractivity contribution in [3.63, 3.8) is 0 Å². The highest BCUT2D eigenvalue weighted by Crippen LogP contribution is 2.23. The zero-order valence-corrected chi connectivity index (χ0v) is 21.7. The summed E-state index contributed by atoms with van der Waals surface area (Å²) >= 11 is 9.22. The summed E-state index contributed by atoms with van der Waals surface area (Å²) in [5.74, 6) is -0.978. The zero-order valence-electron chi connectivity index (χ0n) is 14.2. The molecule has 0 radical (unpaired) electrons. The minimum atomic E-state index is -0.591. The fourth-order valence-electron chi connectivity index (χ4n) is 1.65. The fraction of sp³-hybridized carbons (Fsp3) is 0. The van der Waals surface area contributed by atoms with E-state index in [1.54, 1.807) is 0 Å². The Labute approximate surface area is 213 Å². The maximum Gasteiger partial charge on any atom is 0.414 e. The lowest BCUT2D eigenvalue weighted by molar-refractivity contribution is 0.0999. The van der Waals surface area contributed by atoms with Crippen LogP contribution in [0.25, 0.3) is 11.5 Å². The standard InChI is InChI=1S/C8H3FINO2S.C7H5FINO.CCl2OS/c9-4-1-2-5(6(10)3-4)7-11-14-8(12)13-7;8-4-1-2-5(7(10)11)6(9)3-4;2-1(4)5-3/h1-3H;1-3H,(H2,10,11);. The van der Waals surface area contributed by atoms with Gasteiger partial charge >= 0.3 is 4.94 Å². The number of hydrogen-bond donors (Lipinski definition) is 1. The molecule has 0 fully saturated rings. The van der Waals surface area contributed by atoms with Crippen molar-refractivity contribution in [3.8, 4) is 11.5 Å². The number of carbonyl (C=O) groups excluding carboxylic acids is 2. The Morgan fingerprint density at radius 3 is 2.03 bits per heavy atom. The monoisotopic (exact) mass is 718 g/mol. The van der Waals surface area contributed by atoms with Gasteiger partial charge in [-0.05, 0) is 104 Å². The number of aromatic nitrogens is 1. The van der Waals surface area contributed by atoms with Gasteiger partial charge in [0.05, 0.1) is 22.7 Å². The SMILES string of the molecule is NC(=O)c1ccc(F)cc1I.O=C(Cl)SCl.O=c1oc(-c2ccc(F)cc2I)ns1. The second-order valence-corrected chi connectivity index (χ2v) is 9.35. The van der Waals surface area contributed by atoms with Crippen LogP contribution in [0.3, 0.4) is 0 Å². The smallest absolute Gasteiger partial charge is 0.394 e. The molecule has 0 bridgehead atoms. The molecule has 1 heterocycles. The first-order valence-corrected chi connectivity index (χ1v) is 12.2. The highest BCUT2D eigenvalue weighted by Gasteiger charge is 2.10. The Kier molecular flexibility index (Phi) is 12.3. The topological polar surface area (TPSA) is 103 Å². The lowest BCUT2D eigenvalue weighted by Gasteiger charge is -1.97. The van der Waals surface area contributed by atoms with Crippen LogP contribution >= 0.6 is 90.0 Å². The predicted octanol–water partition coefficient (Wildman–Crippen LogP) is 6.27. The molecule has 14 heteroatoms. The van der Waals surface area contributed by atoms with E-state index in [0.29, 0.717) is 29.2 Å². The third kappa shape index (κ3) is 9.55. The number of rotatable bonds is 2. The van der Waals surface area contributed by atoms with Crippen molar-refractivity contribution < 1.29 is 22.8 Å². The van der Waals surface area contributed by atoms with E-state index in [1.807, 2.05) is 45.2 Å². The number of halogens is 6. The summed E-state index contributed by atoms with van der Waals surface area (Å²) in [6.07, 6.45) is 0. The quantitative estimate of drug-likeness (QED) is 0.248. The third-order valence-electron chi connectivity index (χ3n) is 2.80. The van der Waals surface area contributed by atoms with Crippen molar-refractivity contribution in [2.24, 2.45) is 5.73 Å². The molecule has 0 saturated heterocycles. The van der Waals surface area contributed by atoms with Crippen LogP contribution in [0.2, 0.25) is 0 Å². The number of nitrogens with zero attached hydrogens (tertiary/aromatic N) is 1. The highest BCUT2D eigenvalue weighted by atomic mass is 127. The zero-order chi connectivity index (χ0) is 22.8. The summed E-state index contributed by atoms with van der Waals surface area (Å²) in [6.45, 7) is 0. The molecule has 3 aromatic rings. The van der Waals surface area contributed by atoms with Crippen LogP contribution in [-0.2, 0) is 0 Å². The number of nitrogens with two attached hydrogens (primary N) is 1. The van der Waals surface area contributed by atoms with Gasteiger partial charge in [-0.3, -0.25) is 9.59 Å². The first-order valence-electron chi connectivity index (χ1n) is 7.20. The summed E-state index contributed by atoms with van der Waals surface area (Å²) in [6, 6.07) is 8.05. The van der Waals surface area contributed by atoms with Gasteiger partial charge in [0.2, 0.25) is 11.8 Å². The Morgan fingerprint density at radius 1 is 1.10 bits per heavy atom. The van der Waals surface area contributed by atoms with Crippen molar-refractivity contribution in [1.29, 1.82) is 0 Å². The number of carbonyl (C=O) groups is 2. The van der Waals surface area contributed by atoms with Gasteiger partial charge in [0.1, 0.15) is 11.6 Å². The Bertz CT molecular complexity index is 1100. The first kappa shape index (κ1) is 27.2. The molecule has 0 atom stereocenters. The van der Waals surface area contributed by atoms with Crippen LogP contribution in [-0.4, -0.2) is 14.9 Å². The van der Waals surface area contributed by atoms with E-state index in [0.717, 1.165) is 11.5 Å². The minimum Gasteiger partial charge on any atom is -0.394 e. The maximum atomic E-state index is 12.8. The summed E-state index contributed by atoms with van der Waals surface area (Å²) in [5, 5.41) is 0. The van der Waals surface area contributed by atoms with Gasteiger partial charge in [0, 0.05) is 18.1 Å². The summed E-state index contributed by atoms with van der Waals surface area (Å²) in [5.41, 5.74) is 5.98. The van der Waals surface area contributed by atoms with E-state index in [4.69, 9.17) is 20.8 Å². The van der Waals surface area contributed by atoms with E-state index in [2.05, 4.69) is 16.0 Å². The first-order chi connectivity index (χ1) is 14.0. The molecule has 0 aliphatic rings. The summed E-state index contributed by atoms with van der Waals surface area (Å²) < 4.78 is 34.4. The maximum absolute atomic E-state index is 12.8. The number of primary amides is 1. The second kappa shape index (κ2) is 13.6. The van der Waals surface area contributed by atoms with Gasteiger partial charge in [0.15, 0.2) is 0 Å². The van der Waals surface area contributed by atoms with Crippen LogP contribution in [0.15, 0.2) is 45.6 Å². The molecule has 0 aliphatic carbocycles. The molecule has 1 amide bonds. The van der Waals surface area contributed by atoms with Gasteiger partial charge < -0.3 is 10.2 Å². The summed E-state index contributed by atoms with van der Waals surface area (Å²) in [4.78, 5) is 30.3. The second-order valence-electron chi connectivity index (χ2n) is 4.77. The van der Waals surface area contributed by atoms with E-state index in [1.165, 1.54) is 36.4 Å². The largest absolute Gasteiger partial charge is 0.414 e. The van der Waals surface area contributed by atoms with Crippen molar-refractivity contribution in [3.05, 3.63) is 70.5 Å². The lowest BCUT2D eigenvalue weighted by atomic mass is 10.2. The average molecular weight is 719 g/mol. The normalized spacial score (nSPS) is 9.67. The molecule has 160 valence electrons. The van der Waals surface area contributed by atoms with Crippen molar-refractivity contribution >= 4 is 100 Å². The van der Waals surface area contributed by atoms with Crippen molar-refractivity contribution in [2.75, 3.05) is 0 Å². The fourth-order valence-corrected chi connectivity index (χ4v) is 3.51. The van der Waals surface area contributed by atoms with Crippen LogP contribution in [0.4, 0.5) is 13.6 Å². The molecule has 3 rings (SSSR count). The molecule has 0 unspecified atom stereocenters. The van der Waals surface area contributed by atoms with Gasteiger partial charge in [0.25, 0.3) is 4.57 Å². The molecule has 2 aromatic carbocycles. The molecular formula is C16H8Cl2F2I2N2O4S2. The van der Waals surface area contributed by atoms with Crippen LogP contribution < -0.4 is 10.7 Å². The lowest BCUT2D eigenvalue weighted by Crippen LogP contribution is -2.12. The molecule has 6 nitrogen and oxygen atoms in total. The molecular weight excluding hydrogens is 711 g/mol. The van der Waals surface area contributed by atoms with Crippen LogP contribution in [0.1, 0.15) is 10.4 Å². The average Bonchev–Trinajstić information content (AvgIpc) is 3.08. The molecule has 0 aliphatic heterocycles. The van der Waals surface area contributed by atoms with Gasteiger partial charge in [-0.25, -0.2) is 13.6 Å². The van der Waals surface area contributed by atoms with Gasteiger partial charge in [-0.15, -0.1) is 4.37 Å². The highest BCUT2D eigenvalue weighted by molar-refractivity contribution is 14.1. The molecule has 2 N–H and O–H groups in total. The minimum absolute atomic E-state index is 0.240. The molecule has 0 spiro atoms. The Hall–Kier alpha value is -0.810. The summed E-state index contributed by atoms with van der Waals surface area (Å²) in [7, 11) is 5.25. The van der Waals surface area contributed by atoms with Gasteiger partial charge in [-0.1, -0.05) is 0 Å². The number of hydrogen-bond acceptors (Lipinski definition) is 7. The van der Waals surface area contributed by atoms with Crippen molar-refractivity contribution in [1.82, 2.24) is 4.37 Å². The Balaban J connectivity index is 0.000000251. The number of benzene rings is 2. The van der Waals surface area contributed by atoms with E-state index >= 15 is 0 Å². The van der Waals surface area contributed by atoms with Crippen molar-refractivity contribution in [2.45, 2.75) is 0 Å². The van der Waals surface area contributed by atoms with E-state index in [-0.39, 0.29) is 17.5 Å². The Morgan fingerprint density at radius 2 is 1.63 bits per heavy atom. The molecule has 0 saturated carbocycles. The van der Waals surface area contributed by atoms with Crippen LogP contribution in [0, 0.1) is 18.8 Å². The molecule has 30 heavy (non-hydrogen) atoms. The van der Waals surface area contributed by atoms with Gasteiger partial charge in [-0.2, -0.15) is 0 Å².